The number of hydrogen-bond donors (Lipinski definition) is 1. The van der Waals surface area contributed by atoms with Crippen LogP contribution in [-0.2, 0) is 4.74 Å². The van der Waals surface area contributed by atoms with Gasteiger partial charge in [-0.2, -0.15) is 0 Å². The number of carbonyl (C=O) groups excluding carboxylic acids is 2. The van der Waals surface area contributed by atoms with E-state index in [9.17, 15) is 9.59 Å². The van der Waals surface area contributed by atoms with E-state index in [-0.39, 0.29) is 5.91 Å². The second-order valence-electron chi connectivity index (χ2n) is 6.40. The number of nitrogens with one attached hydrogen (secondary N) is 1. The zero-order valence-electron chi connectivity index (χ0n) is 13.8. The van der Waals surface area contributed by atoms with Gasteiger partial charge in [-0.15, -0.1) is 0 Å². The summed E-state index contributed by atoms with van der Waals surface area (Å²) in [5.41, 5.74) is 2.06. The van der Waals surface area contributed by atoms with Gasteiger partial charge in [0.1, 0.15) is 5.60 Å². The lowest BCUT2D eigenvalue weighted by atomic mass is 10.1. The molecule has 0 aromatic heterocycles. The van der Waals surface area contributed by atoms with Crippen molar-refractivity contribution in [2.75, 3.05) is 5.32 Å². The molecule has 0 aliphatic rings. The highest BCUT2D eigenvalue weighted by Gasteiger charge is 2.18. The molecular weight excluding hydrogens is 290 g/mol. The summed E-state index contributed by atoms with van der Waals surface area (Å²) in [7, 11) is 0. The first-order valence-corrected chi connectivity index (χ1v) is 7.46. The molecule has 0 spiro atoms. The molecule has 1 N–H and O–H groups in total. The molecule has 0 unspecified atom stereocenters. The van der Waals surface area contributed by atoms with Gasteiger partial charge in [0.2, 0.25) is 0 Å². The minimum atomic E-state index is -0.557. The Morgan fingerprint density at radius 1 is 0.957 bits per heavy atom. The smallest absolute Gasteiger partial charge is 0.338 e. The maximum atomic E-state index is 12.2. The predicted molar refractivity (Wildman–Crippen MR) is 90.7 cm³/mol. The lowest BCUT2D eigenvalue weighted by molar-refractivity contribution is 0.00694. The zero-order chi connectivity index (χ0) is 17.0. The molecule has 2 aromatic rings. The molecule has 4 heteroatoms. The Morgan fingerprint density at radius 2 is 1.61 bits per heavy atom. The fourth-order valence-corrected chi connectivity index (χ4v) is 1.97. The molecule has 2 rings (SSSR count). The van der Waals surface area contributed by atoms with Crippen molar-refractivity contribution in [3.63, 3.8) is 0 Å². The Morgan fingerprint density at radius 3 is 2.22 bits per heavy atom. The van der Waals surface area contributed by atoms with E-state index in [1.807, 2.05) is 39.8 Å². The summed E-state index contributed by atoms with van der Waals surface area (Å²) >= 11 is 0. The first-order valence-electron chi connectivity index (χ1n) is 7.46. The van der Waals surface area contributed by atoms with Gasteiger partial charge in [0.05, 0.1) is 5.56 Å². The van der Waals surface area contributed by atoms with Gasteiger partial charge in [-0.05, 0) is 58.0 Å². The molecule has 0 aliphatic heterocycles. The number of ether oxygens (including phenoxy) is 1. The molecule has 0 fully saturated rings. The van der Waals surface area contributed by atoms with E-state index >= 15 is 0 Å². The molecule has 4 nitrogen and oxygen atoms in total. The van der Waals surface area contributed by atoms with Gasteiger partial charge >= 0.3 is 5.97 Å². The summed E-state index contributed by atoms with van der Waals surface area (Å²) in [6.45, 7) is 7.40. The van der Waals surface area contributed by atoms with Gasteiger partial charge < -0.3 is 10.1 Å². The van der Waals surface area contributed by atoms with E-state index < -0.39 is 11.6 Å². The maximum absolute atomic E-state index is 12.2. The van der Waals surface area contributed by atoms with Crippen molar-refractivity contribution in [1.29, 1.82) is 0 Å². The van der Waals surface area contributed by atoms with Crippen LogP contribution in [-0.4, -0.2) is 17.5 Å². The highest BCUT2D eigenvalue weighted by Crippen LogP contribution is 2.16. The van der Waals surface area contributed by atoms with Crippen molar-refractivity contribution in [2.24, 2.45) is 0 Å². The summed E-state index contributed by atoms with van der Waals surface area (Å²) in [4.78, 5) is 24.3. The Kier molecular flexibility index (Phi) is 4.84. The van der Waals surface area contributed by atoms with Gasteiger partial charge in [-0.3, -0.25) is 4.79 Å². The third-order valence-electron chi connectivity index (χ3n) is 3.07. The van der Waals surface area contributed by atoms with Crippen molar-refractivity contribution in [3.05, 3.63) is 65.2 Å². The average molecular weight is 311 g/mol. The van der Waals surface area contributed by atoms with E-state index in [1.54, 1.807) is 36.4 Å². The third kappa shape index (κ3) is 4.95. The first kappa shape index (κ1) is 16.7. The lowest BCUT2D eigenvalue weighted by Gasteiger charge is -2.19. The molecule has 0 aliphatic carbocycles. The average Bonchev–Trinajstić information content (AvgIpc) is 2.46. The summed E-state index contributed by atoms with van der Waals surface area (Å²) in [5.74, 6) is -0.629. The normalized spacial score (nSPS) is 11.0. The number of benzene rings is 2. The Bertz CT molecular complexity index is 712. The van der Waals surface area contributed by atoms with Crippen molar-refractivity contribution >= 4 is 17.6 Å². The van der Waals surface area contributed by atoms with Gasteiger partial charge in [0.15, 0.2) is 0 Å². The van der Waals surface area contributed by atoms with Crippen LogP contribution in [0.4, 0.5) is 5.69 Å². The molecule has 0 radical (unpaired) electrons. The fourth-order valence-electron chi connectivity index (χ4n) is 1.97. The number of rotatable bonds is 3. The van der Waals surface area contributed by atoms with E-state index in [0.717, 1.165) is 5.56 Å². The van der Waals surface area contributed by atoms with Crippen LogP contribution in [0.25, 0.3) is 0 Å². The van der Waals surface area contributed by atoms with Crippen LogP contribution in [0.2, 0.25) is 0 Å². The van der Waals surface area contributed by atoms with Crippen LogP contribution < -0.4 is 5.32 Å². The zero-order valence-corrected chi connectivity index (χ0v) is 13.8. The van der Waals surface area contributed by atoms with Crippen LogP contribution in [0.3, 0.4) is 0 Å². The molecule has 0 saturated carbocycles. The Labute approximate surface area is 136 Å². The summed E-state index contributed by atoms with van der Waals surface area (Å²) in [6, 6.07) is 14.0. The van der Waals surface area contributed by atoms with E-state index in [4.69, 9.17) is 4.74 Å². The van der Waals surface area contributed by atoms with Crippen molar-refractivity contribution in [3.8, 4) is 0 Å². The van der Waals surface area contributed by atoms with Crippen LogP contribution in [0.5, 0.6) is 0 Å². The van der Waals surface area contributed by atoms with Crippen molar-refractivity contribution in [1.82, 2.24) is 0 Å². The molecule has 0 heterocycles. The molecule has 0 bridgehead atoms. The second-order valence-corrected chi connectivity index (χ2v) is 6.40. The number of carbonyl (C=O) groups is 2. The van der Waals surface area contributed by atoms with Crippen LogP contribution >= 0.6 is 0 Å². The highest BCUT2D eigenvalue weighted by atomic mass is 16.6. The van der Waals surface area contributed by atoms with E-state index in [0.29, 0.717) is 16.8 Å². The van der Waals surface area contributed by atoms with Crippen LogP contribution in [0.15, 0.2) is 48.5 Å². The van der Waals surface area contributed by atoms with E-state index in [2.05, 4.69) is 5.32 Å². The topological polar surface area (TPSA) is 55.4 Å². The summed E-state index contributed by atoms with van der Waals surface area (Å²) in [5, 5.41) is 2.79. The molecule has 23 heavy (non-hydrogen) atoms. The predicted octanol–water partition coefficient (Wildman–Crippen LogP) is 4.20. The number of anilines is 1. The van der Waals surface area contributed by atoms with Crippen molar-refractivity contribution < 1.29 is 14.3 Å². The molecule has 2 aromatic carbocycles. The minimum absolute atomic E-state index is 0.216. The first-order chi connectivity index (χ1) is 10.7. The maximum Gasteiger partial charge on any atom is 0.338 e. The largest absolute Gasteiger partial charge is 0.456 e. The number of esters is 1. The highest BCUT2D eigenvalue weighted by molar-refractivity contribution is 6.04. The lowest BCUT2D eigenvalue weighted by Crippen LogP contribution is -2.24. The Hall–Kier alpha value is -2.62. The van der Waals surface area contributed by atoms with E-state index in [1.165, 1.54) is 0 Å². The van der Waals surface area contributed by atoms with Crippen molar-refractivity contribution in [2.45, 2.75) is 33.3 Å². The Balaban J connectivity index is 2.12. The van der Waals surface area contributed by atoms with Gasteiger partial charge in [-0.25, -0.2) is 4.79 Å². The second kappa shape index (κ2) is 6.65. The molecule has 0 atom stereocenters. The molecular formula is C19H21NO3. The van der Waals surface area contributed by atoms with Gasteiger partial charge in [0.25, 0.3) is 5.91 Å². The van der Waals surface area contributed by atoms with Gasteiger partial charge in [-0.1, -0.05) is 23.8 Å². The summed E-state index contributed by atoms with van der Waals surface area (Å²) < 4.78 is 5.33. The number of hydrogen-bond acceptors (Lipinski definition) is 3. The van der Waals surface area contributed by atoms with Crippen LogP contribution in [0, 0.1) is 6.92 Å². The SMILES string of the molecule is Cc1ccc(C(=O)Nc2cccc(C(=O)OC(C)(C)C)c2)cc1. The quantitative estimate of drug-likeness (QED) is 0.864. The molecule has 120 valence electrons. The minimum Gasteiger partial charge on any atom is -0.456 e. The molecule has 1 amide bonds. The monoisotopic (exact) mass is 311 g/mol. The molecule has 0 saturated heterocycles. The number of aryl methyl sites for hydroxylation is 1. The third-order valence-corrected chi connectivity index (χ3v) is 3.07. The fraction of sp³-hybridized carbons (Fsp3) is 0.263. The van der Waals surface area contributed by atoms with Gasteiger partial charge in [0, 0.05) is 11.3 Å². The standard InChI is InChI=1S/C19H21NO3/c1-13-8-10-14(11-9-13)17(21)20-16-7-5-6-15(12-16)18(22)23-19(2,3)4/h5-12H,1-4H3,(H,20,21). The van der Waals surface area contributed by atoms with Crippen LogP contribution in [0.1, 0.15) is 47.1 Å². The number of amides is 1. The summed E-state index contributed by atoms with van der Waals surface area (Å²) in [6.07, 6.45) is 0.